The molecule has 2 atom stereocenters. The predicted molar refractivity (Wildman–Crippen MR) is 119 cm³/mol. The van der Waals surface area contributed by atoms with Crippen LogP contribution in [0.2, 0.25) is 0 Å². The number of β-amino-alcohol motifs (C(OH)–C–C–N with tert-alkyl or cyclic N) is 1. The SMILES string of the molecule is CSCC[C@H](NCC(O)CN1C(=O)c2ccccc2C1=O)C(=O)OCc1ccccc1. The largest absolute Gasteiger partial charge is 0.460 e. The monoisotopic (exact) mass is 442 g/mol. The average molecular weight is 443 g/mol. The van der Waals surface area contributed by atoms with Crippen molar-refractivity contribution in [1.29, 1.82) is 0 Å². The summed E-state index contributed by atoms with van der Waals surface area (Å²) in [5.74, 6) is -0.486. The summed E-state index contributed by atoms with van der Waals surface area (Å²) >= 11 is 1.61. The van der Waals surface area contributed by atoms with Crippen LogP contribution < -0.4 is 5.32 Å². The number of nitrogens with zero attached hydrogens (tertiary/aromatic N) is 1. The Kier molecular flexibility index (Phi) is 8.22. The Morgan fingerprint density at radius 3 is 2.29 bits per heavy atom. The number of aliphatic hydroxyl groups is 1. The van der Waals surface area contributed by atoms with E-state index in [9.17, 15) is 19.5 Å². The third-order valence-electron chi connectivity index (χ3n) is 4.99. The summed E-state index contributed by atoms with van der Waals surface area (Å²) in [5, 5.41) is 13.5. The second-order valence-electron chi connectivity index (χ2n) is 7.26. The molecule has 1 heterocycles. The Hall–Kier alpha value is -2.68. The van der Waals surface area contributed by atoms with Crippen LogP contribution in [-0.4, -0.2) is 65.0 Å². The highest BCUT2D eigenvalue weighted by molar-refractivity contribution is 7.98. The molecule has 31 heavy (non-hydrogen) atoms. The fourth-order valence-corrected chi connectivity index (χ4v) is 3.80. The lowest BCUT2D eigenvalue weighted by molar-refractivity contribution is -0.147. The van der Waals surface area contributed by atoms with E-state index in [1.807, 2.05) is 36.6 Å². The topological polar surface area (TPSA) is 95.9 Å². The van der Waals surface area contributed by atoms with Gasteiger partial charge in [0.25, 0.3) is 11.8 Å². The summed E-state index contributed by atoms with van der Waals surface area (Å²) in [6, 6.07) is 15.4. The van der Waals surface area contributed by atoms with Crippen LogP contribution in [0.3, 0.4) is 0 Å². The quantitative estimate of drug-likeness (QED) is 0.406. The first-order valence-corrected chi connectivity index (χ1v) is 11.5. The first-order chi connectivity index (χ1) is 15.0. The average Bonchev–Trinajstić information content (AvgIpc) is 3.03. The third-order valence-corrected chi connectivity index (χ3v) is 5.63. The molecule has 8 heteroatoms. The number of fused-ring (bicyclic) bond motifs is 1. The van der Waals surface area contributed by atoms with Crippen molar-refractivity contribution in [3.63, 3.8) is 0 Å². The van der Waals surface area contributed by atoms with Crippen molar-refractivity contribution in [2.75, 3.05) is 25.1 Å². The highest BCUT2D eigenvalue weighted by atomic mass is 32.2. The van der Waals surface area contributed by atoms with Crippen LogP contribution in [0.25, 0.3) is 0 Å². The molecule has 3 rings (SSSR count). The minimum Gasteiger partial charge on any atom is -0.460 e. The molecular formula is C23H26N2O5S. The number of benzene rings is 2. The Morgan fingerprint density at radius 1 is 1.06 bits per heavy atom. The number of hydrogen-bond donors (Lipinski definition) is 2. The number of amides is 2. The highest BCUT2D eigenvalue weighted by Crippen LogP contribution is 2.22. The van der Waals surface area contributed by atoms with E-state index < -0.39 is 29.9 Å². The zero-order valence-corrected chi connectivity index (χ0v) is 18.1. The molecule has 0 aromatic heterocycles. The number of carbonyl (C=O) groups is 3. The number of esters is 1. The summed E-state index contributed by atoms with van der Waals surface area (Å²) in [6.07, 6.45) is 1.47. The summed E-state index contributed by atoms with van der Waals surface area (Å²) in [5.41, 5.74) is 1.58. The number of thioether (sulfide) groups is 1. The van der Waals surface area contributed by atoms with Crippen molar-refractivity contribution >= 4 is 29.5 Å². The van der Waals surface area contributed by atoms with E-state index >= 15 is 0 Å². The molecule has 2 N–H and O–H groups in total. The normalized spacial score (nSPS) is 15.0. The molecule has 0 spiro atoms. The molecule has 1 aliphatic rings. The molecule has 0 aliphatic carbocycles. The maximum Gasteiger partial charge on any atom is 0.323 e. The first kappa shape index (κ1) is 23.0. The molecule has 2 aromatic rings. The molecule has 0 saturated heterocycles. The number of hydrogen-bond acceptors (Lipinski definition) is 7. The Balaban J connectivity index is 1.53. The Morgan fingerprint density at radius 2 is 1.68 bits per heavy atom. The number of imide groups is 1. The molecule has 0 bridgehead atoms. The van der Waals surface area contributed by atoms with E-state index in [1.54, 1.807) is 36.0 Å². The van der Waals surface area contributed by atoms with Crippen LogP contribution in [0.4, 0.5) is 0 Å². The van der Waals surface area contributed by atoms with Gasteiger partial charge >= 0.3 is 5.97 Å². The molecular weight excluding hydrogens is 416 g/mol. The minimum atomic E-state index is -1.01. The van der Waals surface area contributed by atoms with Crippen molar-refractivity contribution in [3.8, 4) is 0 Å². The Labute approximate surface area is 185 Å². The molecule has 1 aliphatic heterocycles. The van der Waals surface area contributed by atoms with Crippen LogP contribution in [0, 0.1) is 0 Å². The highest BCUT2D eigenvalue weighted by Gasteiger charge is 2.36. The molecule has 0 radical (unpaired) electrons. The zero-order valence-electron chi connectivity index (χ0n) is 17.3. The number of aliphatic hydroxyl groups excluding tert-OH is 1. The molecule has 2 aromatic carbocycles. The van der Waals surface area contributed by atoms with Gasteiger partial charge in [0.05, 0.1) is 23.8 Å². The number of rotatable bonds is 11. The van der Waals surface area contributed by atoms with E-state index in [2.05, 4.69) is 5.32 Å². The van der Waals surface area contributed by atoms with Crippen LogP contribution in [0.15, 0.2) is 54.6 Å². The van der Waals surface area contributed by atoms with Gasteiger partial charge in [0, 0.05) is 6.54 Å². The van der Waals surface area contributed by atoms with Crippen molar-refractivity contribution in [1.82, 2.24) is 10.2 Å². The second-order valence-corrected chi connectivity index (χ2v) is 8.24. The molecule has 0 fully saturated rings. The van der Waals surface area contributed by atoms with Crippen LogP contribution in [-0.2, 0) is 16.1 Å². The smallest absolute Gasteiger partial charge is 0.323 e. The Bertz CT molecular complexity index is 886. The van der Waals surface area contributed by atoms with Crippen molar-refractivity contribution in [2.45, 2.75) is 25.2 Å². The van der Waals surface area contributed by atoms with Crippen LogP contribution in [0.5, 0.6) is 0 Å². The van der Waals surface area contributed by atoms with Crippen molar-refractivity contribution in [2.24, 2.45) is 0 Å². The van der Waals surface area contributed by atoms with Gasteiger partial charge < -0.3 is 15.2 Å². The lowest BCUT2D eigenvalue weighted by atomic mass is 10.1. The van der Waals surface area contributed by atoms with Gasteiger partial charge in [-0.2, -0.15) is 11.8 Å². The van der Waals surface area contributed by atoms with Gasteiger partial charge in [-0.05, 0) is 36.1 Å². The second kappa shape index (κ2) is 11.1. The lowest BCUT2D eigenvalue weighted by Crippen LogP contribution is -2.46. The van der Waals surface area contributed by atoms with Gasteiger partial charge in [-0.1, -0.05) is 42.5 Å². The molecule has 7 nitrogen and oxygen atoms in total. The van der Waals surface area contributed by atoms with E-state index in [0.29, 0.717) is 17.5 Å². The number of carbonyl (C=O) groups excluding carboxylic acids is 3. The predicted octanol–water partition coefficient (Wildman–Crippen LogP) is 2.10. The van der Waals surface area contributed by atoms with E-state index in [0.717, 1.165) is 16.2 Å². The van der Waals surface area contributed by atoms with Crippen molar-refractivity contribution < 1.29 is 24.2 Å². The van der Waals surface area contributed by atoms with E-state index in [1.165, 1.54) is 0 Å². The standard InChI is InChI=1S/C23H26N2O5S/c1-31-12-11-20(23(29)30-15-16-7-3-2-4-8-16)24-13-17(26)14-25-21(27)18-9-5-6-10-19(18)22(25)28/h2-10,17,20,24,26H,11-15H2,1H3/t17?,20-/m0/s1. The molecule has 2 amide bonds. The van der Waals surface area contributed by atoms with Crippen LogP contribution >= 0.6 is 11.8 Å². The van der Waals surface area contributed by atoms with Gasteiger partial charge in [0.2, 0.25) is 0 Å². The van der Waals surface area contributed by atoms with E-state index in [-0.39, 0.29) is 19.7 Å². The van der Waals surface area contributed by atoms with Gasteiger partial charge in [0.1, 0.15) is 12.6 Å². The first-order valence-electron chi connectivity index (χ1n) is 10.1. The number of ether oxygens (including phenoxy) is 1. The maximum atomic E-state index is 12.5. The van der Waals surface area contributed by atoms with Gasteiger partial charge in [-0.15, -0.1) is 0 Å². The van der Waals surface area contributed by atoms with Gasteiger partial charge in [0.15, 0.2) is 0 Å². The molecule has 1 unspecified atom stereocenters. The van der Waals surface area contributed by atoms with Crippen molar-refractivity contribution in [3.05, 3.63) is 71.3 Å². The fraction of sp³-hybridized carbons (Fsp3) is 0.348. The van der Waals surface area contributed by atoms with E-state index in [4.69, 9.17) is 4.74 Å². The van der Waals surface area contributed by atoms with Gasteiger partial charge in [-0.25, -0.2) is 0 Å². The number of nitrogens with one attached hydrogen (secondary N) is 1. The minimum absolute atomic E-state index is 0.0485. The van der Waals surface area contributed by atoms with Crippen LogP contribution in [0.1, 0.15) is 32.7 Å². The summed E-state index contributed by atoms with van der Waals surface area (Å²) in [6.45, 7) is 0.0786. The van der Waals surface area contributed by atoms with Gasteiger partial charge in [-0.3, -0.25) is 19.3 Å². The molecule has 0 saturated carbocycles. The molecule has 164 valence electrons. The summed E-state index contributed by atoms with van der Waals surface area (Å²) < 4.78 is 5.42. The zero-order chi connectivity index (χ0) is 22.2. The third kappa shape index (κ3) is 5.94. The maximum absolute atomic E-state index is 12.5. The summed E-state index contributed by atoms with van der Waals surface area (Å²) in [4.78, 5) is 38.5. The lowest BCUT2D eigenvalue weighted by Gasteiger charge is -2.22. The fourth-order valence-electron chi connectivity index (χ4n) is 3.33. The summed E-state index contributed by atoms with van der Waals surface area (Å²) in [7, 11) is 0.